The molecule has 0 bridgehead atoms. The first kappa shape index (κ1) is 68.6. The molecule has 0 saturated carbocycles. The van der Waals surface area contributed by atoms with Crippen molar-refractivity contribution in [3.63, 3.8) is 0 Å². The Labute approximate surface area is 469 Å². The van der Waals surface area contributed by atoms with Crippen molar-refractivity contribution in [3.8, 4) is 34.5 Å². The number of hydrogen-bond acceptors (Lipinski definition) is 7. The average molecular weight is 1070 g/mol. The van der Waals surface area contributed by atoms with Crippen molar-refractivity contribution in [1.29, 1.82) is 0 Å². The molecule has 0 aromatic heterocycles. The topological polar surface area (TPSA) is 96.5 Å². The third-order valence-corrected chi connectivity index (χ3v) is 14.6. The van der Waals surface area contributed by atoms with Gasteiger partial charge in [-0.05, 0) is 38.5 Å². The molecular weight excluding hydrogens is 945 g/mol. The van der Waals surface area contributed by atoms with Gasteiger partial charge < -0.3 is 39.1 Å². The molecule has 440 valence electrons. The van der Waals surface area contributed by atoms with Crippen molar-refractivity contribution in [2.75, 3.05) is 50.3 Å². The molecule has 0 spiro atoms. The Morgan fingerprint density at radius 1 is 0.263 bits per heavy atom. The molecule has 2 aromatic rings. The molecule has 0 saturated heterocycles. The largest absolute Gasteiger partial charge is 0.489 e. The van der Waals surface area contributed by atoms with E-state index in [2.05, 4.69) is 52.2 Å². The molecule has 0 fully saturated rings. The van der Waals surface area contributed by atoms with Crippen LogP contribution in [0, 0.1) is 0 Å². The maximum atomic E-state index is 14.3. The Hall–Kier alpha value is -3.49. The van der Waals surface area contributed by atoms with Gasteiger partial charge in [-0.2, -0.15) is 0 Å². The first-order chi connectivity index (χ1) is 37.5. The van der Waals surface area contributed by atoms with E-state index in [0.29, 0.717) is 85.5 Å². The summed E-state index contributed by atoms with van der Waals surface area (Å²) in [5.74, 6) is 3.74. The van der Waals surface area contributed by atoms with E-state index in [1.807, 2.05) is 24.3 Å². The Morgan fingerprint density at radius 2 is 0.434 bits per heavy atom. The van der Waals surface area contributed by atoms with Crippen molar-refractivity contribution in [3.05, 3.63) is 24.3 Å². The van der Waals surface area contributed by atoms with E-state index >= 15 is 0 Å². The van der Waals surface area contributed by atoms with Crippen molar-refractivity contribution in [2.24, 2.45) is 0 Å². The van der Waals surface area contributed by atoms with Crippen LogP contribution in [0.1, 0.15) is 311 Å². The summed E-state index contributed by atoms with van der Waals surface area (Å²) in [7, 11) is 0. The van der Waals surface area contributed by atoms with Gasteiger partial charge in [0.1, 0.15) is 0 Å². The number of carbonyl (C=O) groups excluding carboxylic acids is 1. The van der Waals surface area contributed by atoms with E-state index in [1.54, 1.807) is 0 Å². The van der Waals surface area contributed by atoms with Gasteiger partial charge in [0.05, 0.1) is 51.0 Å². The minimum Gasteiger partial charge on any atom is -0.489 e. The SMILES string of the molecule is CCCCCCCCCOc1cc(NC(=O)Nc2cc(OCCCCCCCCC)c(OCCCCCCCCC)c(OCCCCCCCCC)c2)cc(OCCCCCCCCC)c1OCCCCCCCCC. The predicted octanol–water partition coefficient (Wildman–Crippen LogP) is 22.1. The molecule has 2 aromatic carbocycles. The highest BCUT2D eigenvalue weighted by Gasteiger charge is 2.20. The van der Waals surface area contributed by atoms with E-state index < -0.39 is 0 Å². The fourth-order valence-corrected chi connectivity index (χ4v) is 9.74. The van der Waals surface area contributed by atoms with Crippen molar-refractivity contribution in [2.45, 2.75) is 311 Å². The summed E-state index contributed by atoms with van der Waals surface area (Å²) in [6, 6.07) is 7.28. The number of nitrogens with one attached hydrogen (secondary N) is 2. The van der Waals surface area contributed by atoms with Gasteiger partial charge in [-0.15, -0.1) is 0 Å². The Kier molecular flexibility index (Phi) is 46.0. The highest BCUT2D eigenvalue weighted by molar-refractivity contribution is 6.00. The molecule has 0 aliphatic rings. The first-order valence-corrected chi connectivity index (χ1v) is 32.7. The second-order valence-electron chi connectivity index (χ2n) is 22.0. The van der Waals surface area contributed by atoms with Crippen LogP contribution in [-0.2, 0) is 0 Å². The molecule has 76 heavy (non-hydrogen) atoms. The first-order valence-electron chi connectivity index (χ1n) is 32.7. The fraction of sp³-hybridized carbons (Fsp3) is 0.806. The van der Waals surface area contributed by atoms with Gasteiger partial charge in [0.2, 0.25) is 11.5 Å². The van der Waals surface area contributed by atoms with E-state index in [0.717, 1.165) is 77.0 Å². The van der Waals surface area contributed by atoms with Crippen LogP contribution in [0.25, 0.3) is 0 Å². The highest BCUT2D eigenvalue weighted by atomic mass is 16.5. The second-order valence-corrected chi connectivity index (χ2v) is 22.0. The summed E-state index contributed by atoms with van der Waals surface area (Å²) in [6.07, 6.45) is 50.5. The maximum Gasteiger partial charge on any atom is 0.323 e. The predicted molar refractivity (Wildman–Crippen MR) is 326 cm³/mol. The van der Waals surface area contributed by atoms with E-state index in [9.17, 15) is 4.79 Å². The molecule has 0 atom stereocenters. The van der Waals surface area contributed by atoms with Crippen LogP contribution in [0.15, 0.2) is 24.3 Å². The van der Waals surface area contributed by atoms with Gasteiger partial charge in [-0.25, -0.2) is 4.79 Å². The van der Waals surface area contributed by atoms with Crippen LogP contribution in [0.2, 0.25) is 0 Å². The minimum absolute atomic E-state index is 0.374. The normalized spacial score (nSPS) is 11.2. The lowest BCUT2D eigenvalue weighted by Crippen LogP contribution is -2.20. The molecule has 0 aliphatic heterocycles. The molecule has 9 nitrogen and oxygen atoms in total. The quantitative estimate of drug-likeness (QED) is 0.0637. The lowest BCUT2D eigenvalue weighted by molar-refractivity contribution is 0.234. The average Bonchev–Trinajstić information content (AvgIpc) is 3.41. The summed E-state index contributed by atoms with van der Waals surface area (Å²) in [5.41, 5.74) is 1.18. The van der Waals surface area contributed by atoms with Crippen molar-refractivity contribution >= 4 is 17.4 Å². The third-order valence-electron chi connectivity index (χ3n) is 14.6. The summed E-state index contributed by atoms with van der Waals surface area (Å²) in [6.45, 7) is 17.1. The number of anilines is 2. The van der Waals surface area contributed by atoms with E-state index in [4.69, 9.17) is 28.4 Å². The molecule has 0 radical (unpaired) electrons. The minimum atomic E-state index is -0.374. The smallest absolute Gasteiger partial charge is 0.323 e. The molecule has 2 amide bonds. The van der Waals surface area contributed by atoms with E-state index in [-0.39, 0.29) is 6.03 Å². The maximum absolute atomic E-state index is 14.3. The number of benzene rings is 2. The Morgan fingerprint density at radius 3 is 0.632 bits per heavy atom. The van der Waals surface area contributed by atoms with Crippen LogP contribution in [0.4, 0.5) is 16.2 Å². The van der Waals surface area contributed by atoms with Gasteiger partial charge in [0.25, 0.3) is 0 Å². The second kappa shape index (κ2) is 51.0. The molecule has 2 N–H and O–H groups in total. The van der Waals surface area contributed by atoms with Crippen LogP contribution < -0.4 is 39.1 Å². The third kappa shape index (κ3) is 36.6. The van der Waals surface area contributed by atoms with Crippen molar-refractivity contribution < 1.29 is 33.2 Å². The number of ether oxygens (including phenoxy) is 6. The Bertz CT molecular complexity index is 1420. The lowest BCUT2D eigenvalue weighted by Gasteiger charge is -2.20. The fourth-order valence-electron chi connectivity index (χ4n) is 9.74. The van der Waals surface area contributed by atoms with Gasteiger partial charge in [-0.3, -0.25) is 0 Å². The van der Waals surface area contributed by atoms with Gasteiger partial charge >= 0.3 is 6.03 Å². The molecule has 0 aliphatic carbocycles. The van der Waals surface area contributed by atoms with Gasteiger partial charge in [0, 0.05) is 24.3 Å². The lowest BCUT2D eigenvalue weighted by atomic mass is 10.1. The van der Waals surface area contributed by atoms with Gasteiger partial charge in [0.15, 0.2) is 23.0 Å². The van der Waals surface area contributed by atoms with Crippen LogP contribution in [-0.4, -0.2) is 45.7 Å². The number of unbranched alkanes of at least 4 members (excludes halogenated alkanes) is 36. The zero-order valence-corrected chi connectivity index (χ0v) is 50.6. The number of carbonyl (C=O) groups is 1. The standard InChI is InChI=1S/C67H120N2O7/c1-7-13-19-25-31-37-43-49-71-61-55-59(56-62(72-50-44-38-32-26-20-14-8-2)65(61)75-53-47-41-35-29-23-17-11-5)68-67(70)69-60-57-63(73-51-45-39-33-27-21-15-9-3)66(76-54-48-42-36-30-24-18-12-6)64(58-60)74-52-46-40-34-28-22-16-10-4/h55-58H,7-54H2,1-6H3,(H2,68,69,70). The molecule has 9 heteroatoms. The molecular formula is C67H120N2O7. The summed E-state index contributed by atoms with van der Waals surface area (Å²) >= 11 is 0. The molecule has 0 unspecified atom stereocenters. The zero-order chi connectivity index (χ0) is 54.6. The van der Waals surface area contributed by atoms with Crippen LogP contribution in [0.3, 0.4) is 0 Å². The van der Waals surface area contributed by atoms with Crippen LogP contribution in [0.5, 0.6) is 34.5 Å². The van der Waals surface area contributed by atoms with Crippen molar-refractivity contribution in [1.82, 2.24) is 0 Å². The number of urea groups is 1. The number of rotatable bonds is 56. The summed E-state index contributed by atoms with van der Waals surface area (Å²) in [5, 5.41) is 6.33. The summed E-state index contributed by atoms with van der Waals surface area (Å²) < 4.78 is 39.6. The van der Waals surface area contributed by atoms with Crippen LogP contribution >= 0.6 is 0 Å². The Balaban J connectivity index is 2.45. The van der Waals surface area contributed by atoms with E-state index in [1.165, 1.54) is 193 Å². The molecule has 2 rings (SSSR count). The monoisotopic (exact) mass is 1060 g/mol. The molecule has 0 heterocycles. The number of amides is 2. The van der Waals surface area contributed by atoms with Gasteiger partial charge in [-0.1, -0.05) is 273 Å². The number of hydrogen-bond donors (Lipinski definition) is 2. The zero-order valence-electron chi connectivity index (χ0n) is 50.6. The highest BCUT2D eigenvalue weighted by Crippen LogP contribution is 2.43. The summed E-state index contributed by atoms with van der Waals surface area (Å²) in [4.78, 5) is 14.3.